The summed E-state index contributed by atoms with van der Waals surface area (Å²) in [6.07, 6.45) is 5.36. The minimum Gasteiger partial charge on any atom is -0.314 e. The Hall–Kier alpha value is -0.930. The van der Waals surface area contributed by atoms with Crippen molar-refractivity contribution in [2.45, 2.75) is 38.6 Å². The summed E-state index contributed by atoms with van der Waals surface area (Å²) in [7, 11) is 0. The van der Waals surface area contributed by atoms with Crippen LogP contribution in [0.2, 0.25) is 0 Å². The molecule has 1 N–H and O–H groups in total. The van der Waals surface area contributed by atoms with Gasteiger partial charge in [-0.05, 0) is 42.9 Å². The molecule has 2 fully saturated rings. The molecule has 0 spiro atoms. The van der Waals surface area contributed by atoms with Gasteiger partial charge < -0.3 is 5.32 Å². The fraction of sp³-hybridized carbons (Fsp3) is 0.647. The fourth-order valence-electron chi connectivity index (χ4n) is 3.87. The monoisotopic (exact) mass is 276 g/mol. The van der Waals surface area contributed by atoms with Gasteiger partial charge in [0.1, 0.15) is 5.82 Å². The minimum absolute atomic E-state index is 0.0840. The van der Waals surface area contributed by atoms with Crippen LogP contribution in [0.25, 0.3) is 0 Å². The quantitative estimate of drug-likeness (QED) is 0.911. The van der Waals surface area contributed by atoms with Crippen molar-refractivity contribution in [3.05, 3.63) is 35.1 Å². The lowest BCUT2D eigenvalue weighted by Crippen LogP contribution is -2.46. The molecule has 1 heterocycles. The van der Waals surface area contributed by atoms with Crippen LogP contribution in [0, 0.1) is 18.7 Å². The Kier molecular flexibility index (Phi) is 4.37. The number of halogens is 1. The zero-order valence-corrected chi connectivity index (χ0v) is 12.4. The molecule has 1 aliphatic heterocycles. The van der Waals surface area contributed by atoms with Gasteiger partial charge in [-0.15, -0.1) is 0 Å². The molecule has 1 saturated heterocycles. The van der Waals surface area contributed by atoms with Crippen molar-refractivity contribution in [2.24, 2.45) is 5.92 Å². The predicted octanol–water partition coefficient (Wildman–Crippen LogP) is 3.27. The average Bonchev–Trinajstić information content (AvgIpc) is 2.98. The van der Waals surface area contributed by atoms with E-state index >= 15 is 0 Å². The lowest BCUT2D eigenvalue weighted by atomic mass is 9.89. The van der Waals surface area contributed by atoms with Crippen molar-refractivity contribution in [1.29, 1.82) is 0 Å². The Balaban J connectivity index is 1.88. The molecule has 20 heavy (non-hydrogen) atoms. The summed E-state index contributed by atoms with van der Waals surface area (Å²) in [5.41, 5.74) is 2.10. The number of rotatable bonds is 3. The highest BCUT2D eigenvalue weighted by molar-refractivity contribution is 5.27. The maximum absolute atomic E-state index is 13.6. The van der Waals surface area contributed by atoms with Gasteiger partial charge in [-0.1, -0.05) is 25.0 Å². The van der Waals surface area contributed by atoms with Gasteiger partial charge in [0.2, 0.25) is 0 Å². The zero-order chi connectivity index (χ0) is 13.9. The van der Waals surface area contributed by atoms with Crippen LogP contribution >= 0.6 is 0 Å². The Bertz CT molecular complexity index is 448. The third-order valence-electron chi connectivity index (χ3n) is 4.91. The summed E-state index contributed by atoms with van der Waals surface area (Å²) in [4.78, 5) is 2.61. The van der Waals surface area contributed by atoms with Crippen LogP contribution in [0.4, 0.5) is 4.39 Å². The van der Waals surface area contributed by atoms with Crippen LogP contribution in [0.5, 0.6) is 0 Å². The van der Waals surface area contributed by atoms with Crippen molar-refractivity contribution in [2.75, 3.05) is 26.2 Å². The first kappa shape index (κ1) is 14.0. The highest BCUT2D eigenvalue weighted by atomic mass is 19.1. The second-order valence-corrected chi connectivity index (χ2v) is 6.28. The van der Waals surface area contributed by atoms with Crippen LogP contribution in [-0.2, 0) is 0 Å². The van der Waals surface area contributed by atoms with Gasteiger partial charge in [0.15, 0.2) is 0 Å². The van der Waals surface area contributed by atoms with E-state index in [1.165, 1.54) is 31.2 Å². The molecule has 1 aliphatic carbocycles. The SMILES string of the molecule is Cc1cc([C@H](C2CCCC2)N2CCNCC2)ccc1F. The largest absolute Gasteiger partial charge is 0.314 e. The second-order valence-electron chi connectivity index (χ2n) is 6.28. The van der Waals surface area contributed by atoms with E-state index in [9.17, 15) is 4.39 Å². The highest BCUT2D eigenvalue weighted by Gasteiger charge is 2.31. The first-order chi connectivity index (χ1) is 9.75. The normalized spacial score (nSPS) is 23.1. The Labute approximate surface area is 121 Å². The van der Waals surface area contributed by atoms with Gasteiger partial charge in [-0.3, -0.25) is 4.90 Å². The van der Waals surface area contributed by atoms with Gasteiger partial charge >= 0.3 is 0 Å². The first-order valence-electron chi connectivity index (χ1n) is 7.96. The molecule has 0 unspecified atom stereocenters. The van der Waals surface area contributed by atoms with E-state index in [-0.39, 0.29) is 5.82 Å². The summed E-state index contributed by atoms with van der Waals surface area (Å²) in [6, 6.07) is 6.21. The first-order valence-corrected chi connectivity index (χ1v) is 7.96. The van der Waals surface area contributed by atoms with Gasteiger partial charge in [0.25, 0.3) is 0 Å². The molecule has 2 aliphatic rings. The third-order valence-corrected chi connectivity index (χ3v) is 4.91. The topological polar surface area (TPSA) is 15.3 Å². The summed E-state index contributed by atoms with van der Waals surface area (Å²) < 4.78 is 13.6. The average molecular weight is 276 g/mol. The Morgan fingerprint density at radius 1 is 1.20 bits per heavy atom. The number of piperazine rings is 1. The number of aryl methyl sites for hydroxylation is 1. The van der Waals surface area contributed by atoms with E-state index in [0.717, 1.165) is 37.7 Å². The molecule has 1 aromatic rings. The number of hydrogen-bond donors (Lipinski definition) is 1. The highest BCUT2D eigenvalue weighted by Crippen LogP contribution is 2.39. The van der Waals surface area contributed by atoms with E-state index in [0.29, 0.717) is 6.04 Å². The molecule has 0 bridgehead atoms. The minimum atomic E-state index is -0.0840. The predicted molar refractivity (Wildman–Crippen MR) is 80.3 cm³/mol. The van der Waals surface area contributed by atoms with Gasteiger partial charge in [-0.2, -0.15) is 0 Å². The Morgan fingerprint density at radius 2 is 1.90 bits per heavy atom. The van der Waals surface area contributed by atoms with Crippen molar-refractivity contribution in [3.8, 4) is 0 Å². The van der Waals surface area contributed by atoms with Gasteiger partial charge in [0, 0.05) is 32.2 Å². The molecule has 1 atom stereocenters. The summed E-state index contributed by atoms with van der Waals surface area (Å²) in [5, 5.41) is 3.43. The lowest BCUT2D eigenvalue weighted by molar-refractivity contribution is 0.125. The van der Waals surface area contributed by atoms with E-state index in [1.54, 1.807) is 6.07 Å². The fourth-order valence-corrected chi connectivity index (χ4v) is 3.87. The lowest BCUT2D eigenvalue weighted by Gasteiger charge is -2.38. The number of nitrogens with zero attached hydrogens (tertiary/aromatic N) is 1. The van der Waals surface area contributed by atoms with Gasteiger partial charge in [0.05, 0.1) is 0 Å². The number of benzene rings is 1. The molecule has 3 heteroatoms. The van der Waals surface area contributed by atoms with Crippen LogP contribution in [0.15, 0.2) is 18.2 Å². The molecular weight excluding hydrogens is 251 g/mol. The maximum atomic E-state index is 13.6. The van der Waals surface area contributed by atoms with Crippen molar-refractivity contribution in [3.63, 3.8) is 0 Å². The molecular formula is C17H25FN2. The van der Waals surface area contributed by atoms with Gasteiger partial charge in [-0.25, -0.2) is 4.39 Å². The van der Waals surface area contributed by atoms with Crippen LogP contribution < -0.4 is 5.32 Å². The van der Waals surface area contributed by atoms with Crippen molar-refractivity contribution >= 4 is 0 Å². The standard InChI is InChI=1S/C17H25FN2/c1-13-12-15(6-7-16(13)18)17(14-4-2-3-5-14)20-10-8-19-9-11-20/h6-7,12,14,17,19H,2-5,8-11H2,1H3/t17-/m0/s1. The van der Waals surface area contributed by atoms with E-state index in [4.69, 9.17) is 0 Å². The van der Waals surface area contributed by atoms with E-state index in [2.05, 4.69) is 16.3 Å². The second kappa shape index (κ2) is 6.23. The smallest absolute Gasteiger partial charge is 0.126 e. The molecule has 1 saturated carbocycles. The zero-order valence-electron chi connectivity index (χ0n) is 12.4. The molecule has 110 valence electrons. The molecule has 0 aromatic heterocycles. The molecule has 0 amide bonds. The Morgan fingerprint density at radius 3 is 2.55 bits per heavy atom. The van der Waals surface area contributed by atoms with Crippen LogP contribution in [0.3, 0.4) is 0 Å². The molecule has 3 rings (SSSR count). The van der Waals surface area contributed by atoms with E-state index < -0.39 is 0 Å². The molecule has 1 aromatic carbocycles. The van der Waals surface area contributed by atoms with E-state index in [1.807, 2.05) is 13.0 Å². The summed E-state index contributed by atoms with van der Waals surface area (Å²) in [5.74, 6) is 0.664. The third kappa shape index (κ3) is 2.89. The number of hydrogen-bond acceptors (Lipinski definition) is 2. The number of nitrogens with one attached hydrogen (secondary N) is 1. The molecule has 2 nitrogen and oxygen atoms in total. The van der Waals surface area contributed by atoms with Crippen LogP contribution in [-0.4, -0.2) is 31.1 Å². The van der Waals surface area contributed by atoms with Crippen molar-refractivity contribution < 1.29 is 4.39 Å². The van der Waals surface area contributed by atoms with Crippen molar-refractivity contribution in [1.82, 2.24) is 10.2 Å². The molecule has 0 radical (unpaired) electrons. The maximum Gasteiger partial charge on any atom is 0.126 e. The summed E-state index contributed by atoms with van der Waals surface area (Å²) in [6.45, 7) is 6.24. The summed E-state index contributed by atoms with van der Waals surface area (Å²) >= 11 is 0. The van der Waals surface area contributed by atoms with Crippen LogP contribution in [0.1, 0.15) is 42.9 Å².